The van der Waals surface area contributed by atoms with Gasteiger partial charge in [-0.25, -0.2) is 4.39 Å². The first kappa shape index (κ1) is 15.8. The lowest BCUT2D eigenvalue weighted by molar-refractivity contribution is -0.384. The van der Waals surface area contributed by atoms with E-state index in [2.05, 4.69) is 26.6 Å². The third kappa shape index (κ3) is 5.09. The van der Waals surface area contributed by atoms with Gasteiger partial charge in [-0.3, -0.25) is 10.1 Å². The molecule has 0 saturated heterocycles. The summed E-state index contributed by atoms with van der Waals surface area (Å²) in [5, 5.41) is 25.6. The normalized spacial score (nSPS) is 12.2. The smallest absolute Gasteiger partial charge is 0.293 e. The predicted molar refractivity (Wildman–Crippen MR) is 73.8 cm³/mol. The molecule has 0 saturated carbocycles. The lowest BCUT2D eigenvalue weighted by Crippen LogP contribution is -2.29. The molecule has 1 rings (SSSR count). The number of nitrogens with zero attached hydrogens (tertiary/aromatic N) is 1. The second-order valence-corrected chi connectivity index (χ2v) is 4.87. The molecule has 0 aliphatic rings. The average Bonchev–Trinajstić information content (AvgIpc) is 2.32. The second kappa shape index (κ2) is 7.37. The maximum Gasteiger partial charge on any atom is 0.293 e. The van der Waals surface area contributed by atoms with Gasteiger partial charge in [0.25, 0.3) is 5.69 Å². The molecule has 0 aliphatic heterocycles. The van der Waals surface area contributed by atoms with E-state index in [1.54, 1.807) is 6.92 Å². The van der Waals surface area contributed by atoms with Gasteiger partial charge in [0, 0.05) is 31.8 Å². The first-order valence-corrected chi connectivity index (χ1v) is 6.47. The van der Waals surface area contributed by atoms with Crippen molar-refractivity contribution in [3.8, 4) is 0 Å². The largest absolute Gasteiger partial charge is 0.392 e. The molecular formula is C11H15BrFN3O3. The minimum absolute atomic E-state index is 0.0528. The van der Waals surface area contributed by atoms with Crippen molar-refractivity contribution in [3.05, 3.63) is 32.5 Å². The van der Waals surface area contributed by atoms with Crippen LogP contribution < -0.4 is 10.6 Å². The van der Waals surface area contributed by atoms with Gasteiger partial charge in [-0.1, -0.05) is 0 Å². The molecule has 0 aromatic heterocycles. The summed E-state index contributed by atoms with van der Waals surface area (Å²) in [6.45, 7) is 2.96. The Labute approximate surface area is 118 Å². The molecule has 3 N–H and O–H groups in total. The van der Waals surface area contributed by atoms with Crippen LogP contribution in [0.25, 0.3) is 0 Å². The van der Waals surface area contributed by atoms with Crippen LogP contribution in [0.3, 0.4) is 0 Å². The lowest BCUT2D eigenvalue weighted by atomic mass is 10.2. The molecule has 6 nitrogen and oxygen atoms in total. The Balaban J connectivity index is 2.62. The van der Waals surface area contributed by atoms with Crippen LogP contribution in [0.2, 0.25) is 0 Å². The first-order valence-electron chi connectivity index (χ1n) is 5.68. The van der Waals surface area contributed by atoms with E-state index in [9.17, 15) is 14.5 Å². The number of rotatable bonds is 7. The van der Waals surface area contributed by atoms with Gasteiger partial charge in [0.05, 0.1) is 15.5 Å². The zero-order valence-corrected chi connectivity index (χ0v) is 11.9. The van der Waals surface area contributed by atoms with Gasteiger partial charge in [-0.2, -0.15) is 0 Å². The molecular weight excluding hydrogens is 321 g/mol. The summed E-state index contributed by atoms with van der Waals surface area (Å²) in [6, 6.07) is 2.21. The maximum atomic E-state index is 13.3. The van der Waals surface area contributed by atoms with Crippen LogP contribution in [0.4, 0.5) is 15.8 Å². The van der Waals surface area contributed by atoms with Crippen LogP contribution in [0.15, 0.2) is 16.6 Å². The van der Waals surface area contributed by atoms with Crippen LogP contribution in [0.5, 0.6) is 0 Å². The highest BCUT2D eigenvalue weighted by molar-refractivity contribution is 9.10. The SMILES string of the molecule is CC(O)CNCCNc1cc(F)c(Br)cc1[N+](=O)[O-]. The van der Waals surface area contributed by atoms with Gasteiger partial charge < -0.3 is 15.7 Å². The van der Waals surface area contributed by atoms with Gasteiger partial charge in [0.1, 0.15) is 11.5 Å². The molecule has 0 aliphatic carbocycles. The summed E-state index contributed by atoms with van der Waals surface area (Å²) >= 11 is 2.91. The minimum Gasteiger partial charge on any atom is -0.392 e. The summed E-state index contributed by atoms with van der Waals surface area (Å²) in [6.07, 6.45) is -0.459. The number of nitro groups is 1. The topological polar surface area (TPSA) is 87.4 Å². The Kier molecular flexibility index (Phi) is 6.13. The zero-order valence-electron chi connectivity index (χ0n) is 10.3. The van der Waals surface area contributed by atoms with E-state index in [0.29, 0.717) is 19.6 Å². The van der Waals surface area contributed by atoms with Crippen LogP contribution in [-0.2, 0) is 0 Å². The molecule has 8 heteroatoms. The Morgan fingerprint density at radius 1 is 1.53 bits per heavy atom. The van der Waals surface area contributed by atoms with E-state index in [1.807, 2.05) is 0 Å². The third-order valence-electron chi connectivity index (χ3n) is 2.29. The molecule has 1 aromatic carbocycles. The molecule has 1 atom stereocenters. The van der Waals surface area contributed by atoms with E-state index in [1.165, 1.54) is 0 Å². The quantitative estimate of drug-likeness (QED) is 0.402. The summed E-state index contributed by atoms with van der Waals surface area (Å²) in [4.78, 5) is 10.3. The molecule has 0 bridgehead atoms. The van der Waals surface area contributed by atoms with Crippen LogP contribution in [0.1, 0.15) is 6.92 Å². The van der Waals surface area contributed by atoms with E-state index in [4.69, 9.17) is 5.11 Å². The van der Waals surface area contributed by atoms with E-state index in [-0.39, 0.29) is 15.8 Å². The highest BCUT2D eigenvalue weighted by Crippen LogP contribution is 2.30. The number of nitrogens with one attached hydrogen (secondary N) is 2. The number of hydrogen-bond acceptors (Lipinski definition) is 5. The molecule has 0 radical (unpaired) electrons. The van der Waals surface area contributed by atoms with Gasteiger partial charge >= 0.3 is 0 Å². The van der Waals surface area contributed by atoms with E-state index >= 15 is 0 Å². The molecule has 0 heterocycles. The number of nitro benzene ring substituents is 1. The molecule has 106 valence electrons. The fraction of sp³-hybridized carbons (Fsp3) is 0.455. The number of anilines is 1. The summed E-state index contributed by atoms with van der Waals surface area (Å²) in [5.41, 5.74) is -0.0617. The molecule has 1 unspecified atom stereocenters. The predicted octanol–water partition coefficient (Wildman–Crippen LogP) is 1.88. The Bertz CT molecular complexity index is 457. The highest BCUT2D eigenvalue weighted by Gasteiger charge is 2.17. The molecule has 0 fully saturated rings. The Morgan fingerprint density at radius 3 is 2.79 bits per heavy atom. The second-order valence-electron chi connectivity index (χ2n) is 4.02. The standard InChI is InChI=1S/C11H15BrFN3O3/c1-7(17)6-14-2-3-15-10-5-9(13)8(12)4-11(10)16(18)19/h4-5,7,14-15,17H,2-3,6H2,1H3. The number of halogens is 2. The van der Waals surface area contributed by atoms with Crippen molar-refractivity contribution in [1.29, 1.82) is 0 Å². The summed E-state index contributed by atoms with van der Waals surface area (Å²) in [5.74, 6) is -0.565. The number of hydrogen-bond donors (Lipinski definition) is 3. The first-order chi connectivity index (χ1) is 8.91. The van der Waals surface area contributed by atoms with Crippen LogP contribution >= 0.6 is 15.9 Å². The lowest BCUT2D eigenvalue weighted by Gasteiger charge is -2.10. The van der Waals surface area contributed by atoms with Crippen molar-refractivity contribution in [2.45, 2.75) is 13.0 Å². The summed E-state index contributed by atoms with van der Waals surface area (Å²) in [7, 11) is 0. The average molecular weight is 336 g/mol. The van der Waals surface area contributed by atoms with Crippen molar-refractivity contribution < 1.29 is 14.4 Å². The fourth-order valence-corrected chi connectivity index (χ4v) is 1.76. The van der Waals surface area contributed by atoms with Crippen molar-refractivity contribution in [1.82, 2.24) is 5.32 Å². The van der Waals surface area contributed by atoms with Crippen LogP contribution in [-0.4, -0.2) is 35.8 Å². The van der Waals surface area contributed by atoms with E-state index < -0.39 is 16.8 Å². The van der Waals surface area contributed by atoms with Gasteiger partial charge in [0.2, 0.25) is 0 Å². The van der Waals surface area contributed by atoms with Crippen LogP contribution in [0, 0.1) is 15.9 Å². The Morgan fingerprint density at radius 2 is 2.21 bits per heavy atom. The van der Waals surface area contributed by atoms with Crippen molar-refractivity contribution in [2.75, 3.05) is 25.0 Å². The minimum atomic E-state index is -0.574. The molecule has 0 spiro atoms. The molecule has 19 heavy (non-hydrogen) atoms. The van der Waals surface area contributed by atoms with Gasteiger partial charge in [0.15, 0.2) is 0 Å². The van der Waals surface area contributed by atoms with Crippen molar-refractivity contribution >= 4 is 27.3 Å². The number of aliphatic hydroxyl groups excluding tert-OH is 1. The van der Waals surface area contributed by atoms with Gasteiger partial charge in [-0.15, -0.1) is 0 Å². The third-order valence-corrected chi connectivity index (χ3v) is 2.90. The fourth-order valence-electron chi connectivity index (χ4n) is 1.43. The van der Waals surface area contributed by atoms with E-state index in [0.717, 1.165) is 12.1 Å². The van der Waals surface area contributed by atoms with Crippen molar-refractivity contribution in [3.63, 3.8) is 0 Å². The van der Waals surface area contributed by atoms with Crippen molar-refractivity contribution in [2.24, 2.45) is 0 Å². The summed E-state index contributed by atoms with van der Waals surface area (Å²) < 4.78 is 13.4. The number of benzene rings is 1. The van der Waals surface area contributed by atoms with Gasteiger partial charge in [-0.05, 0) is 22.9 Å². The molecule has 1 aromatic rings. The Hall–Kier alpha value is -1.25. The monoisotopic (exact) mass is 335 g/mol. The molecule has 0 amide bonds. The number of aliphatic hydroxyl groups is 1. The zero-order chi connectivity index (χ0) is 14.4. The highest BCUT2D eigenvalue weighted by atomic mass is 79.9. The maximum absolute atomic E-state index is 13.3.